The molecule has 124 valence electrons. The van der Waals surface area contributed by atoms with Gasteiger partial charge in [-0.25, -0.2) is 4.79 Å². The van der Waals surface area contributed by atoms with Crippen molar-refractivity contribution in [2.24, 2.45) is 0 Å². The van der Waals surface area contributed by atoms with E-state index in [0.29, 0.717) is 12.2 Å². The summed E-state index contributed by atoms with van der Waals surface area (Å²) >= 11 is 0. The van der Waals surface area contributed by atoms with Gasteiger partial charge in [-0.05, 0) is 55.2 Å². The van der Waals surface area contributed by atoms with Crippen LogP contribution in [0.15, 0.2) is 48.7 Å². The van der Waals surface area contributed by atoms with Crippen LogP contribution in [0.4, 0.5) is 0 Å². The summed E-state index contributed by atoms with van der Waals surface area (Å²) in [5.74, 6) is 0.590. The zero-order valence-electron chi connectivity index (χ0n) is 14.0. The number of nitrogens with one attached hydrogen (secondary N) is 1. The van der Waals surface area contributed by atoms with Crippen LogP contribution in [0, 0.1) is 0 Å². The number of aromatic amines is 1. The van der Waals surface area contributed by atoms with Crippen molar-refractivity contribution in [2.45, 2.75) is 19.8 Å². The largest absolute Gasteiger partial charge is 0.497 e. The molecule has 4 heteroatoms. The minimum Gasteiger partial charge on any atom is -0.497 e. The van der Waals surface area contributed by atoms with Crippen molar-refractivity contribution in [1.82, 2.24) is 4.98 Å². The zero-order valence-corrected chi connectivity index (χ0v) is 14.0. The molecule has 24 heavy (non-hydrogen) atoms. The molecule has 0 aliphatic carbocycles. The van der Waals surface area contributed by atoms with Gasteiger partial charge in [0.15, 0.2) is 0 Å². The lowest BCUT2D eigenvalue weighted by Crippen LogP contribution is -2.03. The Kier molecular flexibility index (Phi) is 4.85. The lowest BCUT2D eigenvalue weighted by molar-refractivity contribution is 0.0529. The maximum Gasteiger partial charge on any atom is 0.340 e. The molecular weight excluding hydrogens is 302 g/mol. The number of carbonyl (C=O) groups excluding carboxylic acids is 1. The Balaban J connectivity index is 1.79. The molecule has 3 rings (SSSR count). The second-order valence-electron chi connectivity index (χ2n) is 5.65. The molecule has 0 saturated carbocycles. The molecule has 1 N–H and O–H groups in total. The summed E-state index contributed by atoms with van der Waals surface area (Å²) in [6.45, 7) is 2.19. The predicted molar refractivity (Wildman–Crippen MR) is 94.7 cm³/mol. The molecular formula is C20H21NO3. The molecule has 0 aliphatic heterocycles. The Bertz CT molecular complexity index is 851. The topological polar surface area (TPSA) is 51.3 Å². The van der Waals surface area contributed by atoms with Crippen LogP contribution in [-0.4, -0.2) is 24.7 Å². The number of ether oxygens (including phenoxy) is 2. The summed E-state index contributed by atoms with van der Waals surface area (Å²) in [4.78, 5) is 15.2. The van der Waals surface area contributed by atoms with Crippen LogP contribution in [0.3, 0.4) is 0 Å². The first kappa shape index (κ1) is 16.1. The van der Waals surface area contributed by atoms with Gasteiger partial charge in [-0.15, -0.1) is 0 Å². The summed E-state index contributed by atoms with van der Waals surface area (Å²) in [5, 5.41) is 0.914. The molecule has 0 amide bonds. The van der Waals surface area contributed by atoms with Gasteiger partial charge in [0.05, 0.1) is 19.3 Å². The standard InChI is InChI=1S/C20H21NO3/c1-3-24-20(22)18-13-21-19-10-9-15(12-17(18)19)8-7-14-5-4-6-16(11-14)23-2/h4-6,9-13,21H,3,7-8H2,1-2H3. The van der Waals surface area contributed by atoms with Crippen molar-refractivity contribution in [3.05, 3.63) is 65.4 Å². The minimum absolute atomic E-state index is 0.284. The number of rotatable bonds is 6. The molecule has 0 bridgehead atoms. The first-order chi connectivity index (χ1) is 11.7. The number of carbonyl (C=O) groups is 1. The van der Waals surface area contributed by atoms with Gasteiger partial charge >= 0.3 is 5.97 Å². The number of benzene rings is 2. The second kappa shape index (κ2) is 7.21. The molecule has 0 atom stereocenters. The molecule has 0 aliphatic rings. The number of methoxy groups -OCH3 is 1. The third-order valence-corrected chi connectivity index (χ3v) is 4.08. The Morgan fingerprint density at radius 2 is 1.88 bits per heavy atom. The Morgan fingerprint density at radius 3 is 2.62 bits per heavy atom. The highest BCUT2D eigenvalue weighted by Crippen LogP contribution is 2.22. The van der Waals surface area contributed by atoms with Gasteiger partial charge < -0.3 is 14.5 Å². The number of aryl methyl sites for hydroxylation is 2. The number of hydrogen-bond acceptors (Lipinski definition) is 3. The van der Waals surface area contributed by atoms with Gasteiger partial charge in [0.2, 0.25) is 0 Å². The first-order valence-electron chi connectivity index (χ1n) is 8.11. The third-order valence-electron chi connectivity index (χ3n) is 4.08. The average Bonchev–Trinajstić information content (AvgIpc) is 3.03. The molecule has 1 aromatic heterocycles. The predicted octanol–water partition coefficient (Wildman–Crippen LogP) is 4.14. The molecule has 0 radical (unpaired) electrons. The molecule has 0 saturated heterocycles. The van der Waals surface area contributed by atoms with E-state index in [-0.39, 0.29) is 5.97 Å². The highest BCUT2D eigenvalue weighted by atomic mass is 16.5. The first-order valence-corrected chi connectivity index (χ1v) is 8.11. The maximum absolute atomic E-state index is 12.0. The fourth-order valence-corrected chi connectivity index (χ4v) is 2.82. The van der Waals surface area contributed by atoms with Crippen LogP contribution < -0.4 is 4.74 Å². The van der Waals surface area contributed by atoms with Crippen molar-refractivity contribution in [3.8, 4) is 5.75 Å². The van der Waals surface area contributed by atoms with E-state index in [4.69, 9.17) is 9.47 Å². The summed E-state index contributed by atoms with van der Waals surface area (Å²) in [6.07, 6.45) is 3.53. The average molecular weight is 323 g/mol. The molecule has 0 unspecified atom stereocenters. The van der Waals surface area contributed by atoms with Crippen molar-refractivity contribution in [2.75, 3.05) is 13.7 Å². The van der Waals surface area contributed by atoms with Crippen LogP contribution in [0.5, 0.6) is 5.75 Å². The molecule has 0 spiro atoms. The molecule has 4 nitrogen and oxygen atoms in total. The number of H-pyrrole nitrogens is 1. The minimum atomic E-state index is -0.284. The molecule has 1 heterocycles. The highest BCUT2D eigenvalue weighted by molar-refractivity contribution is 6.04. The Hall–Kier alpha value is -2.75. The van der Waals surface area contributed by atoms with E-state index in [1.54, 1.807) is 13.3 Å². The van der Waals surface area contributed by atoms with Gasteiger partial charge in [0.1, 0.15) is 5.75 Å². The number of fused-ring (bicyclic) bond motifs is 1. The van der Waals surface area contributed by atoms with Crippen LogP contribution in [0.25, 0.3) is 10.9 Å². The fraction of sp³-hybridized carbons (Fsp3) is 0.250. The molecule has 2 aromatic carbocycles. The Labute approximate surface area is 141 Å². The highest BCUT2D eigenvalue weighted by Gasteiger charge is 2.13. The molecule has 0 fully saturated rings. The maximum atomic E-state index is 12.0. The van der Waals surface area contributed by atoms with Crippen molar-refractivity contribution >= 4 is 16.9 Å². The smallest absolute Gasteiger partial charge is 0.340 e. The zero-order chi connectivity index (χ0) is 16.9. The van der Waals surface area contributed by atoms with E-state index in [1.165, 1.54) is 11.1 Å². The summed E-state index contributed by atoms with van der Waals surface area (Å²) < 4.78 is 10.4. The van der Waals surface area contributed by atoms with E-state index in [0.717, 1.165) is 29.5 Å². The molecule has 3 aromatic rings. The van der Waals surface area contributed by atoms with Gasteiger partial charge in [-0.1, -0.05) is 18.2 Å². The van der Waals surface area contributed by atoms with Crippen molar-refractivity contribution in [3.63, 3.8) is 0 Å². The number of aromatic nitrogens is 1. The van der Waals surface area contributed by atoms with Gasteiger partial charge in [0, 0.05) is 17.1 Å². The van der Waals surface area contributed by atoms with Gasteiger partial charge in [0.25, 0.3) is 0 Å². The Morgan fingerprint density at radius 1 is 1.08 bits per heavy atom. The SMILES string of the molecule is CCOC(=O)c1c[nH]c2ccc(CCc3cccc(OC)c3)cc12. The van der Waals surface area contributed by atoms with Gasteiger partial charge in [-0.2, -0.15) is 0 Å². The van der Waals surface area contributed by atoms with Crippen LogP contribution >= 0.6 is 0 Å². The third kappa shape index (κ3) is 3.43. The van der Waals surface area contributed by atoms with E-state index in [1.807, 2.05) is 25.1 Å². The number of hydrogen-bond donors (Lipinski definition) is 1. The van der Waals surface area contributed by atoms with Crippen LogP contribution in [-0.2, 0) is 17.6 Å². The summed E-state index contributed by atoms with van der Waals surface area (Å²) in [5.41, 5.74) is 3.96. The van der Waals surface area contributed by atoms with Crippen LogP contribution in [0.1, 0.15) is 28.4 Å². The summed E-state index contributed by atoms with van der Waals surface area (Å²) in [7, 11) is 1.68. The normalized spacial score (nSPS) is 10.8. The van der Waals surface area contributed by atoms with Crippen molar-refractivity contribution < 1.29 is 14.3 Å². The van der Waals surface area contributed by atoms with Crippen LogP contribution in [0.2, 0.25) is 0 Å². The van der Waals surface area contributed by atoms with Crippen molar-refractivity contribution in [1.29, 1.82) is 0 Å². The quantitative estimate of drug-likeness (QED) is 0.694. The summed E-state index contributed by atoms with van der Waals surface area (Å²) in [6, 6.07) is 14.3. The lowest BCUT2D eigenvalue weighted by atomic mass is 10.0. The monoisotopic (exact) mass is 323 g/mol. The van der Waals surface area contributed by atoms with E-state index in [2.05, 4.69) is 29.2 Å². The second-order valence-corrected chi connectivity index (χ2v) is 5.65. The number of esters is 1. The van der Waals surface area contributed by atoms with E-state index < -0.39 is 0 Å². The van der Waals surface area contributed by atoms with E-state index in [9.17, 15) is 4.79 Å². The van der Waals surface area contributed by atoms with Gasteiger partial charge in [-0.3, -0.25) is 0 Å². The lowest BCUT2D eigenvalue weighted by Gasteiger charge is -2.06. The van der Waals surface area contributed by atoms with E-state index >= 15 is 0 Å². The fourth-order valence-electron chi connectivity index (χ4n) is 2.82.